The Labute approximate surface area is 110 Å². The van der Waals surface area contributed by atoms with Gasteiger partial charge in [0.15, 0.2) is 0 Å². The molecule has 1 heterocycles. The van der Waals surface area contributed by atoms with Gasteiger partial charge in [0.1, 0.15) is 6.61 Å². The molecule has 0 saturated carbocycles. The summed E-state index contributed by atoms with van der Waals surface area (Å²) >= 11 is 0. The van der Waals surface area contributed by atoms with Gasteiger partial charge in [-0.15, -0.1) is 0 Å². The number of rotatable bonds is 9. The van der Waals surface area contributed by atoms with E-state index in [1.807, 2.05) is 25.1 Å². The number of hydrogen-bond donors (Lipinski definition) is 1. The van der Waals surface area contributed by atoms with Crippen LogP contribution in [0.5, 0.6) is 5.88 Å². The monoisotopic (exact) mass is 252 g/mol. The Kier molecular flexibility index (Phi) is 7.37. The van der Waals surface area contributed by atoms with Crippen molar-refractivity contribution in [3.05, 3.63) is 23.9 Å². The van der Waals surface area contributed by atoms with Crippen molar-refractivity contribution in [2.45, 2.75) is 27.3 Å². The van der Waals surface area contributed by atoms with E-state index in [9.17, 15) is 0 Å². The maximum Gasteiger partial charge on any atom is 0.213 e. The Morgan fingerprint density at radius 3 is 2.83 bits per heavy atom. The summed E-state index contributed by atoms with van der Waals surface area (Å²) in [5.74, 6) is 1.31. The Bertz CT molecular complexity index is 329. The van der Waals surface area contributed by atoms with Gasteiger partial charge in [0, 0.05) is 19.2 Å². The summed E-state index contributed by atoms with van der Waals surface area (Å²) in [6.45, 7) is 9.99. The lowest BCUT2D eigenvalue weighted by atomic mass is 10.2. The fourth-order valence-electron chi connectivity index (χ4n) is 1.47. The average molecular weight is 252 g/mol. The number of nitrogens with zero attached hydrogens (tertiary/aromatic N) is 1. The first-order valence-corrected chi connectivity index (χ1v) is 6.59. The zero-order chi connectivity index (χ0) is 13.2. The summed E-state index contributed by atoms with van der Waals surface area (Å²) in [6.07, 6.45) is 0. The van der Waals surface area contributed by atoms with Crippen LogP contribution in [-0.2, 0) is 11.3 Å². The molecule has 0 saturated heterocycles. The van der Waals surface area contributed by atoms with Crippen LogP contribution in [0.2, 0.25) is 0 Å². The first-order valence-electron chi connectivity index (χ1n) is 6.59. The largest absolute Gasteiger partial charge is 0.475 e. The van der Waals surface area contributed by atoms with Gasteiger partial charge in [0.25, 0.3) is 0 Å². The molecule has 1 rings (SSSR count). The summed E-state index contributed by atoms with van der Waals surface area (Å²) < 4.78 is 10.7. The van der Waals surface area contributed by atoms with Gasteiger partial charge in [0.2, 0.25) is 5.88 Å². The molecular weight excluding hydrogens is 228 g/mol. The van der Waals surface area contributed by atoms with E-state index in [4.69, 9.17) is 9.47 Å². The topological polar surface area (TPSA) is 43.4 Å². The minimum atomic E-state index is 0.545. The Morgan fingerprint density at radius 1 is 1.28 bits per heavy atom. The first-order chi connectivity index (χ1) is 8.72. The molecule has 0 bridgehead atoms. The van der Waals surface area contributed by atoms with Gasteiger partial charge >= 0.3 is 0 Å². The molecule has 0 radical (unpaired) electrons. The quantitative estimate of drug-likeness (QED) is 0.685. The highest BCUT2D eigenvalue weighted by Gasteiger charge is 1.99. The fourth-order valence-corrected chi connectivity index (χ4v) is 1.47. The zero-order valence-corrected chi connectivity index (χ0v) is 11.6. The third-order valence-electron chi connectivity index (χ3n) is 2.32. The van der Waals surface area contributed by atoms with Gasteiger partial charge in [-0.05, 0) is 25.5 Å². The number of hydrogen-bond acceptors (Lipinski definition) is 4. The summed E-state index contributed by atoms with van der Waals surface area (Å²) in [6, 6.07) is 5.84. The minimum absolute atomic E-state index is 0.545. The van der Waals surface area contributed by atoms with Gasteiger partial charge in [-0.1, -0.05) is 19.9 Å². The predicted molar refractivity (Wildman–Crippen MR) is 72.8 cm³/mol. The van der Waals surface area contributed by atoms with Crippen LogP contribution in [0.15, 0.2) is 18.2 Å². The maximum atomic E-state index is 5.51. The van der Waals surface area contributed by atoms with Crippen molar-refractivity contribution in [2.24, 2.45) is 5.92 Å². The van der Waals surface area contributed by atoms with Crippen molar-refractivity contribution in [2.75, 3.05) is 26.4 Å². The van der Waals surface area contributed by atoms with Crippen molar-refractivity contribution in [3.8, 4) is 5.88 Å². The van der Waals surface area contributed by atoms with E-state index in [0.717, 1.165) is 25.4 Å². The van der Waals surface area contributed by atoms with E-state index in [1.165, 1.54) is 0 Å². The lowest BCUT2D eigenvalue weighted by Crippen LogP contribution is -2.19. The molecule has 0 unspecified atom stereocenters. The Hall–Kier alpha value is -1.13. The van der Waals surface area contributed by atoms with Gasteiger partial charge in [0.05, 0.1) is 12.3 Å². The van der Waals surface area contributed by atoms with Crippen LogP contribution in [0, 0.1) is 5.92 Å². The smallest absolute Gasteiger partial charge is 0.213 e. The number of pyridine rings is 1. The molecule has 0 aliphatic carbocycles. The van der Waals surface area contributed by atoms with Crippen LogP contribution in [-0.4, -0.2) is 31.3 Å². The summed E-state index contributed by atoms with van der Waals surface area (Å²) in [4.78, 5) is 4.43. The molecule has 1 aromatic rings. The molecule has 4 nitrogen and oxygen atoms in total. The second-order valence-electron chi connectivity index (χ2n) is 4.54. The molecule has 0 amide bonds. The highest BCUT2D eigenvalue weighted by atomic mass is 16.5. The average Bonchev–Trinajstić information content (AvgIpc) is 2.35. The maximum absolute atomic E-state index is 5.51. The Balaban J connectivity index is 2.32. The molecule has 1 N–H and O–H groups in total. The van der Waals surface area contributed by atoms with Crippen molar-refractivity contribution in [1.29, 1.82) is 0 Å². The second-order valence-corrected chi connectivity index (χ2v) is 4.54. The minimum Gasteiger partial charge on any atom is -0.475 e. The molecule has 0 fully saturated rings. The fraction of sp³-hybridized carbons (Fsp3) is 0.643. The van der Waals surface area contributed by atoms with E-state index in [1.54, 1.807) is 0 Å². The summed E-state index contributed by atoms with van der Waals surface area (Å²) in [5.41, 5.74) is 1.00. The van der Waals surface area contributed by atoms with Crippen LogP contribution in [0.1, 0.15) is 26.5 Å². The molecule has 0 atom stereocenters. The lowest BCUT2D eigenvalue weighted by molar-refractivity contribution is 0.108. The van der Waals surface area contributed by atoms with Gasteiger partial charge in [-0.3, -0.25) is 0 Å². The van der Waals surface area contributed by atoms with Crippen molar-refractivity contribution >= 4 is 0 Å². The molecular formula is C14H24N2O2. The van der Waals surface area contributed by atoms with E-state index in [2.05, 4.69) is 24.1 Å². The zero-order valence-electron chi connectivity index (χ0n) is 11.6. The second kappa shape index (κ2) is 8.89. The molecule has 1 aromatic heterocycles. The van der Waals surface area contributed by atoms with E-state index in [-0.39, 0.29) is 0 Å². The van der Waals surface area contributed by atoms with Gasteiger partial charge in [-0.2, -0.15) is 0 Å². The number of nitrogens with one attached hydrogen (secondary N) is 1. The molecule has 102 valence electrons. The SMILES string of the molecule is CCOCCOc1cccc(CNCC(C)C)n1. The van der Waals surface area contributed by atoms with Gasteiger partial charge in [-0.25, -0.2) is 4.98 Å². The molecule has 4 heteroatoms. The number of ether oxygens (including phenoxy) is 2. The lowest BCUT2D eigenvalue weighted by Gasteiger charge is -2.09. The van der Waals surface area contributed by atoms with E-state index < -0.39 is 0 Å². The van der Waals surface area contributed by atoms with Crippen LogP contribution in [0.4, 0.5) is 0 Å². The third kappa shape index (κ3) is 6.57. The third-order valence-corrected chi connectivity index (χ3v) is 2.32. The highest BCUT2D eigenvalue weighted by Crippen LogP contribution is 2.07. The molecule has 0 aliphatic rings. The highest BCUT2D eigenvalue weighted by molar-refractivity contribution is 5.15. The van der Waals surface area contributed by atoms with Crippen molar-refractivity contribution < 1.29 is 9.47 Å². The van der Waals surface area contributed by atoms with E-state index in [0.29, 0.717) is 25.0 Å². The van der Waals surface area contributed by atoms with Crippen LogP contribution < -0.4 is 10.1 Å². The molecule has 0 spiro atoms. The van der Waals surface area contributed by atoms with Crippen LogP contribution in [0.25, 0.3) is 0 Å². The number of aromatic nitrogens is 1. The standard InChI is InChI=1S/C14H24N2O2/c1-4-17-8-9-18-14-7-5-6-13(16-14)11-15-10-12(2)3/h5-7,12,15H,4,8-11H2,1-3H3. The van der Waals surface area contributed by atoms with Crippen molar-refractivity contribution in [1.82, 2.24) is 10.3 Å². The Morgan fingerprint density at radius 2 is 2.11 bits per heavy atom. The normalized spacial score (nSPS) is 10.9. The molecule has 0 aromatic carbocycles. The van der Waals surface area contributed by atoms with Crippen molar-refractivity contribution in [3.63, 3.8) is 0 Å². The molecule has 0 aliphatic heterocycles. The van der Waals surface area contributed by atoms with Crippen LogP contribution >= 0.6 is 0 Å². The summed E-state index contributed by atoms with van der Waals surface area (Å²) in [7, 11) is 0. The first kappa shape index (κ1) is 14.9. The summed E-state index contributed by atoms with van der Waals surface area (Å²) in [5, 5.41) is 3.36. The van der Waals surface area contributed by atoms with E-state index >= 15 is 0 Å². The van der Waals surface area contributed by atoms with Gasteiger partial charge < -0.3 is 14.8 Å². The van der Waals surface area contributed by atoms with Crippen LogP contribution in [0.3, 0.4) is 0 Å². The molecule has 18 heavy (non-hydrogen) atoms. The predicted octanol–water partition coefficient (Wildman–Crippen LogP) is 2.24.